The normalized spacial score (nSPS) is 13.5. The molecule has 0 fully saturated rings. The Hall–Kier alpha value is -1.16. The fourth-order valence-corrected chi connectivity index (χ4v) is 13.7. The molecular formula is C34H46I6N6O18. The van der Waals surface area contributed by atoms with Crippen LogP contribution in [-0.4, -0.2) is 200 Å². The molecule has 0 aliphatic carbocycles. The number of carbonyl (C=O) groups is 6. The summed E-state index contributed by atoms with van der Waals surface area (Å²) >= 11 is 11.8. The highest BCUT2D eigenvalue weighted by atomic mass is 127. The number of aliphatic hydroxyl groups excluding tert-OH is 10. The van der Waals surface area contributed by atoms with Crippen molar-refractivity contribution in [1.29, 1.82) is 0 Å². The third-order valence-corrected chi connectivity index (χ3v) is 14.2. The van der Waals surface area contributed by atoms with Crippen molar-refractivity contribution < 1.29 is 90.0 Å². The summed E-state index contributed by atoms with van der Waals surface area (Å²) in [4.78, 5) is 70.0. The molecule has 6 atom stereocenters. The summed E-state index contributed by atoms with van der Waals surface area (Å²) in [6.45, 7) is -2.46. The number of amides is 4. The maximum absolute atomic E-state index is 12.6. The van der Waals surface area contributed by atoms with Crippen LogP contribution in [0, 0.1) is 21.4 Å². The van der Waals surface area contributed by atoms with E-state index in [-0.39, 0.29) is 48.4 Å². The Morgan fingerprint density at radius 3 is 0.734 bits per heavy atom. The maximum atomic E-state index is 12.6. The molecule has 64 heavy (non-hydrogen) atoms. The number of carbonyl (C=O) groups excluding carboxylic acids is 4. The van der Waals surface area contributed by atoms with E-state index in [4.69, 9.17) is 40.9 Å². The van der Waals surface area contributed by atoms with Gasteiger partial charge in [-0.25, -0.2) is 9.59 Å². The second-order valence-electron chi connectivity index (χ2n) is 12.4. The van der Waals surface area contributed by atoms with E-state index in [1.54, 1.807) is 14.1 Å². The van der Waals surface area contributed by atoms with E-state index in [2.05, 4.69) is 31.9 Å². The number of rotatable bonds is 21. The largest absolute Gasteiger partial charge is 0.479 e. The number of carboxylic acid groups (broad SMARTS) is 2. The van der Waals surface area contributed by atoms with E-state index in [1.165, 1.54) is 0 Å². The lowest BCUT2D eigenvalue weighted by atomic mass is 10.1. The molecule has 0 radical (unpaired) electrons. The number of nitrogens with one attached hydrogen (secondary N) is 6. The van der Waals surface area contributed by atoms with Gasteiger partial charge in [-0.15, -0.1) is 0 Å². The van der Waals surface area contributed by atoms with Gasteiger partial charge in [-0.05, 0) is 136 Å². The quantitative estimate of drug-likeness (QED) is 0.0565. The molecule has 0 heterocycles. The molecule has 2 aromatic carbocycles. The SMILES string of the molecule is CNc1c(I)c(C(=O)NCC(O)CO)c(I)c(C(=O)NCC(O)CO)c1I.CNc1c(I)c(C(=O)NCC(O)CO)c(I)c(C(=O)NCC(O)CO)c1I.O=C(O)C(O)C(O)C(=O)O. The average molecular weight is 1590 g/mol. The van der Waals surface area contributed by atoms with Crippen molar-refractivity contribution in [1.82, 2.24) is 21.3 Å². The van der Waals surface area contributed by atoms with Crippen LogP contribution in [0.4, 0.5) is 11.4 Å². The second-order valence-corrected chi connectivity index (χ2v) is 18.9. The monoisotopic (exact) mass is 1590 g/mol. The highest BCUT2D eigenvalue weighted by molar-refractivity contribution is 14.1. The first kappa shape index (κ1) is 62.8. The van der Waals surface area contributed by atoms with Crippen LogP contribution in [0.1, 0.15) is 41.4 Å². The molecule has 6 unspecified atom stereocenters. The summed E-state index contributed by atoms with van der Waals surface area (Å²) in [6.07, 6.45) is -8.87. The summed E-state index contributed by atoms with van der Waals surface area (Å²) in [5, 5.41) is 122. The molecule has 0 aliphatic rings. The molecule has 2 rings (SSSR count). The van der Waals surface area contributed by atoms with Crippen molar-refractivity contribution in [2.24, 2.45) is 0 Å². The fraction of sp³-hybridized carbons (Fsp3) is 0.471. The minimum Gasteiger partial charge on any atom is -0.479 e. The molecule has 0 saturated carbocycles. The van der Waals surface area contributed by atoms with Crippen LogP contribution in [0.5, 0.6) is 0 Å². The number of aliphatic hydroxyl groups is 10. The summed E-state index contributed by atoms with van der Waals surface area (Å²) in [5.74, 6) is -5.51. The van der Waals surface area contributed by atoms with Gasteiger partial charge in [0.15, 0.2) is 12.2 Å². The smallest absolute Gasteiger partial charge is 0.335 e. The zero-order chi connectivity index (χ0) is 49.8. The minimum atomic E-state index is -2.27. The molecule has 2 aromatic rings. The van der Waals surface area contributed by atoms with Crippen molar-refractivity contribution in [3.8, 4) is 0 Å². The number of anilines is 2. The summed E-state index contributed by atoms with van der Waals surface area (Å²) in [6, 6.07) is 0. The van der Waals surface area contributed by atoms with Gasteiger partial charge in [-0.2, -0.15) is 0 Å². The lowest BCUT2D eigenvalue weighted by molar-refractivity contribution is -0.165. The number of benzene rings is 2. The molecule has 0 aliphatic heterocycles. The molecule has 0 aromatic heterocycles. The Morgan fingerprint density at radius 2 is 0.594 bits per heavy atom. The van der Waals surface area contributed by atoms with Gasteiger partial charge in [0.25, 0.3) is 23.6 Å². The predicted octanol–water partition coefficient (Wildman–Crippen LogP) is -2.71. The van der Waals surface area contributed by atoms with Crippen molar-refractivity contribution in [2.45, 2.75) is 36.6 Å². The molecule has 0 saturated heterocycles. The van der Waals surface area contributed by atoms with E-state index < -0.39 is 98.6 Å². The van der Waals surface area contributed by atoms with Crippen LogP contribution < -0.4 is 31.9 Å². The summed E-state index contributed by atoms with van der Waals surface area (Å²) in [5.41, 5.74) is 2.24. The molecule has 4 amide bonds. The number of hydrogen-bond donors (Lipinski definition) is 18. The molecule has 0 spiro atoms. The van der Waals surface area contributed by atoms with E-state index in [1.807, 2.05) is 136 Å². The van der Waals surface area contributed by atoms with E-state index in [0.717, 1.165) is 0 Å². The standard InChI is InChI=1S/2C15H20I3N3O6.C4H6O6/c2*1-19-13-11(17)8(14(26)20-2-6(24)4-22)10(16)9(12(13)18)15(27)21-3-7(25)5-23;5-1(3(7)8)2(6)4(9)10/h2*6-7,19,22-25H,2-5H2,1H3,(H,20,26)(H,21,27);1-2,5-6H,(H,7,8)(H,9,10). The number of carboxylic acids is 2. The van der Waals surface area contributed by atoms with Gasteiger partial charge in [0, 0.05) is 47.4 Å². The Balaban J connectivity index is 0.00000102. The summed E-state index contributed by atoms with van der Waals surface area (Å²) < 4.78 is 3.23. The molecule has 30 heteroatoms. The van der Waals surface area contributed by atoms with Crippen molar-refractivity contribution in [3.05, 3.63) is 43.7 Å². The molecular weight excluding hydrogens is 1540 g/mol. The molecule has 24 nitrogen and oxygen atoms in total. The zero-order valence-corrected chi connectivity index (χ0v) is 46.1. The van der Waals surface area contributed by atoms with Gasteiger partial charge in [-0.3, -0.25) is 19.2 Å². The highest BCUT2D eigenvalue weighted by Gasteiger charge is 2.31. The number of hydrogen-bond acceptors (Lipinski definition) is 18. The van der Waals surface area contributed by atoms with Crippen LogP contribution in [-0.2, 0) is 9.59 Å². The fourth-order valence-electron chi connectivity index (χ4n) is 4.29. The van der Waals surface area contributed by atoms with E-state index >= 15 is 0 Å². The second kappa shape index (κ2) is 31.8. The predicted molar refractivity (Wildman–Crippen MR) is 277 cm³/mol. The Labute approximate surface area is 446 Å². The van der Waals surface area contributed by atoms with E-state index in [0.29, 0.717) is 32.8 Å². The topological polar surface area (TPSA) is 417 Å². The zero-order valence-electron chi connectivity index (χ0n) is 33.2. The average Bonchev–Trinajstić information content (AvgIpc) is 3.25. The molecule has 18 N–H and O–H groups in total. The highest BCUT2D eigenvalue weighted by Crippen LogP contribution is 2.36. The third kappa shape index (κ3) is 19.1. The van der Waals surface area contributed by atoms with Crippen LogP contribution >= 0.6 is 136 Å². The van der Waals surface area contributed by atoms with Gasteiger partial charge >= 0.3 is 11.9 Å². The maximum Gasteiger partial charge on any atom is 0.335 e. The number of halogens is 6. The Kier molecular flexibility index (Phi) is 31.2. The lowest BCUT2D eigenvalue weighted by Gasteiger charge is -2.19. The number of aliphatic carboxylic acids is 2. The first-order chi connectivity index (χ1) is 29.8. The minimum absolute atomic E-state index is 0.132. The van der Waals surface area contributed by atoms with Crippen LogP contribution in [0.3, 0.4) is 0 Å². The van der Waals surface area contributed by atoms with Gasteiger partial charge in [0.2, 0.25) is 0 Å². The first-order valence-corrected chi connectivity index (χ1v) is 24.2. The van der Waals surface area contributed by atoms with Gasteiger partial charge in [-0.1, -0.05) is 0 Å². The summed E-state index contributed by atoms with van der Waals surface area (Å²) in [7, 11) is 3.34. The lowest BCUT2D eigenvalue weighted by Crippen LogP contribution is -2.39. The van der Waals surface area contributed by atoms with Gasteiger partial charge in [0.1, 0.15) is 0 Å². The van der Waals surface area contributed by atoms with Gasteiger partial charge < -0.3 is 93.2 Å². The molecule has 362 valence electrons. The van der Waals surface area contributed by atoms with Crippen LogP contribution in [0.25, 0.3) is 0 Å². The van der Waals surface area contributed by atoms with E-state index in [9.17, 15) is 49.2 Å². The third-order valence-electron chi connectivity index (χ3n) is 7.68. The first-order valence-electron chi connectivity index (χ1n) is 17.7. The van der Waals surface area contributed by atoms with Crippen LogP contribution in [0.2, 0.25) is 0 Å². The van der Waals surface area contributed by atoms with Crippen molar-refractivity contribution in [2.75, 3.05) is 77.3 Å². The molecule has 0 bridgehead atoms. The van der Waals surface area contributed by atoms with Crippen molar-refractivity contribution >= 4 is 182 Å². The van der Waals surface area contributed by atoms with Crippen molar-refractivity contribution in [3.63, 3.8) is 0 Å². The Morgan fingerprint density at radius 1 is 0.406 bits per heavy atom. The van der Waals surface area contributed by atoms with Crippen LogP contribution in [0.15, 0.2) is 0 Å². The Bertz CT molecular complexity index is 1710. The van der Waals surface area contributed by atoms with Gasteiger partial charge in [0.05, 0.1) is 98.8 Å².